The molecule has 2 unspecified atom stereocenters. The predicted octanol–water partition coefficient (Wildman–Crippen LogP) is 9.49. The normalized spacial score (nSPS) is 16.3. The van der Waals surface area contributed by atoms with Crippen LogP contribution in [-0.4, -0.2) is 61.9 Å². The Bertz CT molecular complexity index is 3770. The molecule has 68 heavy (non-hydrogen) atoms. The second kappa shape index (κ2) is 18.1. The van der Waals surface area contributed by atoms with Crippen LogP contribution in [0.5, 0.6) is 0 Å². The number of allylic oxidation sites excluding steroid dienone is 8. The van der Waals surface area contributed by atoms with Crippen molar-refractivity contribution in [1.82, 2.24) is 9.97 Å². The number of thiazole rings is 1. The van der Waals surface area contributed by atoms with Gasteiger partial charge in [-0.15, -0.1) is 20.5 Å². The summed E-state index contributed by atoms with van der Waals surface area (Å²) in [6.45, 7) is 1.54. The lowest BCUT2D eigenvalue weighted by Crippen LogP contribution is -2.11. The molecule has 0 fully saturated rings. The zero-order valence-corrected chi connectivity index (χ0v) is 38.5. The van der Waals surface area contributed by atoms with Crippen LogP contribution in [0.2, 0.25) is 0 Å². The van der Waals surface area contributed by atoms with Crippen molar-refractivity contribution in [2.75, 3.05) is 10.6 Å². The van der Waals surface area contributed by atoms with Gasteiger partial charge in [-0.2, -0.15) is 38.9 Å². The first-order valence-corrected chi connectivity index (χ1v) is 25.9. The third-order valence-corrected chi connectivity index (χ3v) is 14.6. The maximum Gasteiger partial charge on any atom is 0.295 e. The average molecular weight is 1010 g/mol. The van der Waals surface area contributed by atoms with Gasteiger partial charge in [0.2, 0.25) is 5.13 Å². The fourth-order valence-electron chi connectivity index (χ4n) is 7.06. The number of nitrogens with zero attached hydrogens (tertiary/aromatic N) is 7. The number of pyridine rings is 1. The van der Waals surface area contributed by atoms with Gasteiger partial charge in [-0.1, -0.05) is 66.0 Å². The van der Waals surface area contributed by atoms with E-state index in [9.17, 15) is 57.1 Å². The summed E-state index contributed by atoms with van der Waals surface area (Å²) < 4.78 is 135. The number of nitriles is 1. The molecule has 0 aliphatic heterocycles. The molecule has 4 aromatic carbocycles. The SMILES string of the molecule is Cc1c(C#N)c(Nc2ccc(S(=O)(=O)O)cc2)nc(Nc2ccc(S(=O)(=O)O)cc2)c1/N=N/c1nc(C2=CC3C=CC=CC3C=C2)c(/N=N/c2cc(S(=O)(=O)O)c3cccc(S(=O)(=O)O)c3c2)s1. The van der Waals surface area contributed by atoms with Crippen LogP contribution in [0.25, 0.3) is 16.3 Å². The zero-order valence-electron chi connectivity index (χ0n) is 34.4. The van der Waals surface area contributed by atoms with Crippen LogP contribution in [-0.2, 0) is 40.5 Å². The van der Waals surface area contributed by atoms with E-state index in [1.54, 1.807) is 6.92 Å². The van der Waals surface area contributed by atoms with Gasteiger partial charge in [0.25, 0.3) is 40.5 Å². The Morgan fingerprint density at radius 3 is 1.84 bits per heavy atom. The molecule has 0 radical (unpaired) electrons. The minimum absolute atomic E-state index is 0.00472. The highest BCUT2D eigenvalue weighted by atomic mass is 32.2. The molecule has 346 valence electrons. The summed E-state index contributed by atoms with van der Waals surface area (Å²) in [5.41, 5.74) is 1.31. The molecule has 2 atom stereocenters. The Hall–Kier alpha value is -7.19. The van der Waals surface area contributed by atoms with Gasteiger partial charge in [-0.25, -0.2) is 9.97 Å². The van der Waals surface area contributed by atoms with Crippen LogP contribution in [0.3, 0.4) is 0 Å². The highest BCUT2D eigenvalue weighted by Gasteiger charge is 2.25. The van der Waals surface area contributed by atoms with Crippen LogP contribution in [0, 0.1) is 30.1 Å². The molecule has 0 bridgehead atoms. The molecule has 0 saturated carbocycles. The first-order chi connectivity index (χ1) is 32.1. The summed E-state index contributed by atoms with van der Waals surface area (Å²) in [7, 11) is -18.9. The highest BCUT2D eigenvalue weighted by Crippen LogP contribution is 2.44. The topological polar surface area (TPSA) is 341 Å². The van der Waals surface area contributed by atoms with Gasteiger partial charge < -0.3 is 10.6 Å². The number of nitrogens with one attached hydrogen (secondary N) is 2. The van der Waals surface area contributed by atoms with Gasteiger partial charge in [0.1, 0.15) is 27.2 Å². The van der Waals surface area contributed by atoms with E-state index in [4.69, 9.17) is 4.98 Å². The van der Waals surface area contributed by atoms with Crippen LogP contribution in [0.1, 0.15) is 16.8 Å². The van der Waals surface area contributed by atoms with Crippen molar-refractivity contribution in [1.29, 1.82) is 5.26 Å². The van der Waals surface area contributed by atoms with E-state index in [0.717, 1.165) is 47.7 Å². The van der Waals surface area contributed by atoms with Gasteiger partial charge in [-0.3, -0.25) is 18.2 Å². The third-order valence-electron chi connectivity index (χ3n) is 10.3. The van der Waals surface area contributed by atoms with Crippen LogP contribution < -0.4 is 10.6 Å². The number of fused-ring (bicyclic) bond motifs is 2. The Kier molecular flexibility index (Phi) is 12.6. The van der Waals surface area contributed by atoms with Gasteiger partial charge in [0, 0.05) is 39.5 Å². The first-order valence-electron chi connectivity index (χ1n) is 19.3. The van der Waals surface area contributed by atoms with Crippen molar-refractivity contribution in [2.45, 2.75) is 26.5 Å². The molecular weight excluding hydrogens is 983 g/mol. The monoisotopic (exact) mass is 1010 g/mol. The summed E-state index contributed by atoms with van der Waals surface area (Å²) in [6, 6.07) is 17.5. The highest BCUT2D eigenvalue weighted by molar-refractivity contribution is 7.86. The molecule has 0 saturated heterocycles. The summed E-state index contributed by atoms with van der Waals surface area (Å²) in [4.78, 5) is 7.16. The molecule has 0 spiro atoms. The predicted molar refractivity (Wildman–Crippen MR) is 249 cm³/mol. The van der Waals surface area contributed by atoms with Crippen LogP contribution in [0.15, 0.2) is 161 Å². The minimum Gasteiger partial charge on any atom is -0.339 e. The summed E-state index contributed by atoms with van der Waals surface area (Å²) in [5, 5.41) is 33.3. The average Bonchev–Trinajstić information content (AvgIpc) is 3.69. The Morgan fingerprint density at radius 1 is 0.647 bits per heavy atom. The molecule has 0 amide bonds. The van der Waals surface area contributed by atoms with Crippen molar-refractivity contribution >= 4 is 113 Å². The number of benzene rings is 4. The lowest BCUT2D eigenvalue weighted by atomic mass is 9.82. The zero-order chi connectivity index (χ0) is 48.8. The fourth-order valence-corrected chi connectivity index (χ4v) is 10.2. The largest absolute Gasteiger partial charge is 0.339 e. The molecule has 2 aliphatic carbocycles. The van der Waals surface area contributed by atoms with E-state index in [1.807, 2.05) is 42.5 Å². The molecule has 21 nitrogen and oxygen atoms in total. The maximum absolute atomic E-state index is 12.5. The molecule has 2 heterocycles. The molecular formula is C42H31N9O12S5. The lowest BCUT2D eigenvalue weighted by molar-refractivity contribution is 0.481. The molecule has 6 N–H and O–H groups in total. The number of aromatic nitrogens is 2. The number of azo groups is 2. The number of hydrogen-bond acceptors (Lipinski definition) is 18. The summed E-state index contributed by atoms with van der Waals surface area (Å²) in [5.74, 6) is -0.0851. The number of hydrogen-bond donors (Lipinski definition) is 6. The van der Waals surface area contributed by atoms with Crippen molar-refractivity contribution in [3.05, 3.63) is 138 Å². The molecule has 2 aliphatic rings. The van der Waals surface area contributed by atoms with Crippen LogP contribution >= 0.6 is 11.3 Å². The van der Waals surface area contributed by atoms with Gasteiger partial charge in [0.15, 0.2) is 16.6 Å². The standard InChI is InChI=1S/C42H31N9O12S5/c1-23-34(22-43)39(44-27-11-15-30(16-12-27)65(52,53)54)47-40(45-28-13-17-31(18-14-28)66(55,56)57)37(23)49-51-42-46-38(26-10-9-24-5-2-3-6-25(24)19-26)41(64-42)50-48-29-20-33-32(36(21-29)68(61,62)63)7-4-8-35(33)67(58,59)60/h2-21,24-25H,1H3,(H2,44,45,47)(H,52,53,54)(H,55,56,57)(H,58,59,60)(H,61,62,63)/b50-48+,51-49+. The second-order valence-corrected chi connectivity index (χ2v) is 21.3. The lowest BCUT2D eigenvalue weighted by Gasteiger charge is -2.22. The third kappa shape index (κ3) is 10.2. The van der Waals surface area contributed by atoms with Crippen molar-refractivity contribution in [3.8, 4) is 6.07 Å². The van der Waals surface area contributed by atoms with E-state index in [1.165, 1.54) is 42.5 Å². The molecule has 26 heteroatoms. The van der Waals surface area contributed by atoms with E-state index in [-0.39, 0.29) is 88.8 Å². The van der Waals surface area contributed by atoms with Crippen molar-refractivity contribution < 1.29 is 51.9 Å². The molecule has 8 rings (SSSR count). The Morgan fingerprint density at radius 2 is 1.25 bits per heavy atom. The summed E-state index contributed by atoms with van der Waals surface area (Å²) >= 11 is 0.878. The van der Waals surface area contributed by atoms with Gasteiger partial charge in [-0.05, 0) is 79.2 Å². The smallest absolute Gasteiger partial charge is 0.295 e. The molecule has 6 aromatic rings. The summed E-state index contributed by atoms with van der Waals surface area (Å²) in [6.07, 6.45) is 13.5. The van der Waals surface area contributed by atoms with Crippen LogP contribution in [0.4, 0.5) is 44.5 Å². The molecule has 2 aromatic heterocycles. The van der Waals surface area contributed by atoms with Gasteiger partial charge >= 0.3 is 0 Å². The fraction of sp³-hybridized carbons (Fsp3) is 0.0714. The minimum atomic E-state index is -4.97. The second-order valence-electron chi connectivity index (χ2n) is 14.7. The van der Waals surface area contributed by atoms with E-state index >= 15 is 0 Å². The van der Waals surface area contributed by atoms with E-state index in [0.29, 0.717) is 5.57 Å². The quantitative estimate of drug-likeness (QED) is 0.0463. The number of rotatable bonds is 13. The Balaban J connectivity index is 1.24. The first kappa shape index (κ1) is 47.3. The van der Waals surface area contributed by atoms with Crippen molar-refractivity contribution in [3.63, 3.8) is 0 Å². The van der Waals surface area contributed by atoms with E-state index in [2.05, 4.69) is 42.1 Å². The van der Waals surface area contributed by atoms with E-state index < -0.39 is 55.2 Å². The Labute approximate surface area is 391 Å². The van der Waals surface area contributed by atoms with Gasteiger partial charge in [0.05, 0.1) is 21.0 Å². The van der Waals surface area contributed by atoms with Crippen molar-refractivity contribution in [2.24, 2.45) is 32.3 Å². The maximum atomic E-state index is 12.5. The number of anilines is 4.